The Morgan fingerprint density at radius 1 is 0.929 bits per heavy atom. The Labute approximate surface area is 252 Å². The maximum absolute atomic E-state index is 13.4. The summed E-state index contributed by atoms with van der Waals surface area (Å²) in [6.45, 7) is 2.76. The first kappa shape index (κ1) is 28.0. The zero-order valence-corrected chi connectivity index (χ0v) is 25.4. The lowest BCUT2D eigenvalue weighted by Crippen LogP contribution is -2.50. The average molecular weight is 612 g/mol. The minimum atomic E-state index is -3.96. The Morgan fingerprint density at radius 2 is 1.79 bits per heavy atom. The van der Waals surface area contributed by atoms with Crippen molar-refractivity contribution in [2.24, 2.45) is 11.8 Å². The number of carbonyl (C=O) groups excluding carboxylic acids is 2. The highest BCUT2D eigenvalue weighted by Crippen LogP contribution is 2.47. The molecule has 3 aliphatic heterocycles. The van der Waals surface area contributed by atoms with Gasteiger partial charge in [0.05, 0.1) is 17.5 Å². The molecule has 3 heterocycles. The van der Waals surface area contributed by atoms with E-state index in [2.05, 4.69) is 21.8 Å². The highest BCUT2D eigenvalue weighted by atomic mass is 35.5. The van der Waals surface area contributed by atoms with Crippen LogP contribution in [0.4, 0.5) is 5.69 Å². The molecule has 2 aliphatic carbocycles. The van der Waals surface area contributed by atoms with Crippen LogP contribution in [0, 0.1) is 11.8 Å². The van der Waals surface area contributed by atoms with Gasteiger partial charge in [-0.3, -0.25) is 9.59 Å². The lowest BCUT2D eigenvalue weighted by molar-refractivity contribution is -0.132. The van der Waals surface area contributed by atoms with Gasteiger partial charge in [0.25, 0.3) is 5.91 Å². The number of benzene rings is 2. The third-order valence-electron chi connectivity index (χ3n) is 10.5. The molecule has 1 saturated carbocycles. The van der Waals surface area contributed by atoms with Crippen LogP contribution in [0.2, 0.25) is 5.02 Å². The molecule has 2 fully saturated rings. The van der Waals surface area contributed by atoms with Gasteiger partial charge >= 0.3 is 0 Å². The third-order valence-corrected chi connectivity index (χ3v) is 12.4. The minimum absolute atomic E-state index is 0.0195. The summed E-state index contributed by atoms with van der Waals surface area (Å²) < 4.78 is 35.5. The SMILES string of the molecule is O=C1NS(=O)(=O)[C@H]2CCCN(C2)C(=O)CC[C@@H]2CC[C@H]2CN2C[C@@]3(CCCc4cc(Cl)ccc43)COc3ccc1cc32. The lowest BCUT2D eigenvalue weighted by atomic mass is 9.69. The Hall–Kier alpha value is -2.78. The van der Waals surface area contributed by atoms with E-state index in [0.29, 0.717) is 55.6 Å². The molecular weight excluding hydrogens is 574 g/mol. The molecule has 7 rings (SSSR count). The number of amides is 2. The van der Waals surface area contributed by atoms with Crippen LogP contribution in [-0.2, 0) is 26.7 Å². The number of carbonyl (C=O) groups is 2. The average Bonchev–Trinajstić information content (AvgIpc) is 3.11. The van der Waals surface area contributed by atoms with Crippen LogP contribution in [0.25, 0.3) is 0 Å². The van der Waals surface area contributed by atoms with Gasteiger partial charge in [0.15, 0.2) is 0 Å². The highest BCUT2D eigenvalue weighted by molar-refractivity contribution is 7.90. The number of halogens is 1. The molecule has 10 heteroatoms. The highest BCUT2D eigenvalue weighted by Gasteiger charge is 2.44. The molecule has 2 aromatic rings. The number of anilines is 1. The van der Waals surface area contributed by atoms with Crippen LogP contribution in [-0.4, -0.2) is 63.2 Å². The molecule has 2 aromatic carbocycles. The van der Waals surface area contributed by atoms with Gasteiger partial charge in [-0.2, -0.15) is 0 Å². The standard InChI is InChI=1S/C32H38ClN3O5S/c33-25-9-10-27-22(15-25)3-1-13-32(27)19-36-17-24-6-5-21(24)8-12-30(37)35-14-2-4-26(18-35)42(39,40)34-31(38)23-7-11-29(41-20-32)28(36)16-23/h7,9-11,15-16,21,24,26H,1-6,8,12-14,17-20H2,(H,34,38)/t21-,24-,26-,32-/m0/s1. The number of nitrogens with zero attached hydrogens (tertiary/aromatic N) is 2. The second kappa shape index (κ2) is 10.7. The van der Waals surface area contributed by atoms with Crippen molar-refractivity contribution in [3.63, 3.8) is 0 Å². The molecule has 1 saturated heterocycles. The van der Waals surface area contributed by atoms with Gasteiger partial charge in [-0.25, -0.2) is 13.1 Å². The second-order valence-electron chi connectivity index (χ2n) is 13.0. The molecule has 4 bridgehead atoms. The molecule has 0 aromatic heterocycles. The number of aryl methyl sites for hydroxylation is 1. The largest absolute Gasteiger partial charge is 0.490 e. The predicted octanol–water partition coefficient (Wildman–Crippen LogP) is 4.68. The first-order valence-electron chi connectivity index (χ1n) is 15.4. The molecule has 2 amide bonds. The summed E-state index contributed by atoms with van der Waals surface area (Å²) in [4.78, 5) is 30.6. The number of sulfonamides is 1. The molecule has 0 radical (unpaired) electrons. The number of ether oxygens (including phenoxy) is 1. The van der Waals surface area contributed by atoms with E-state index >= 15 is 0 Å². The predicted molar refractivity (Wildman–Crippen MR) is 162 cm³/mol. The minimum Gasteiger partial charge on any atom is -0.490 e. The van der Waals surface area contributed by atoms with Crippen LogP contribution >= 0.6 is 11.6 Å². The van der Waals surface area contributed by atoms with Crippen molar-refractivity contribution in [1.82, 2.24) is 9.62 Å². The van der Waals surface area contributed by atoms with Gasteiger partial charge in [-0.05, 0) is 105 Å². The molecule has 8 nitrogen and oxygen atoms in total. The van der Waals surface area contributed by atoms with E-state index in [4.69, 9.17) is 16.3 Å². The van der Waals surface area contributed by atoms with Gasteiger partial charge < -0.3 is 14.5 Å². The van der Waals surface area contributed by atoms with Crippen molar-refractivity contribution in [3.05, 3.63) is 58.1 Å². The van der Waals surface area contributed by atoms with Gasteiger partial charge in [0.1, 0.15) is 5.75 Å². The smallest absolute Gasteiger partial charge is 0.264 e. The van der Waals surface area contributed by atoms with Crippen molar-refractivity contribution >= 4 is 39.1 Å². The van der Waals surface area contributed by atoms with Gasteiger partial charge in [0, 0.05) is 48.6 Å². The summed E-state index contributed by atoms with van der Waals surface area (Å²) in [5.41, 5.74) is 3.43. The number of nitrogens with one attached hydrogen (secondary N) is 1. The van der Waals surface area contributed by atoms with Crippen molar-refractivity contribution in [2.75, 3.05) is 37.7 Å². The number of hydrogen-bond acceptors (Lipinski definition) is 6. The zero-order valence-electron chi connectivity index (χ0n) is 23.8. The van der Waals surface area contributed by atoms with E-state index in [1.807, 2.05) is 12.1 Å². The molecule has 5 aliphatic rings. The van der Waals surface area contributed by atoms with Crippen LogP contribution in [0.1, 0.15) is 72.9 Å². The zero-order chi connectivity index (χ0) is 29.1. The maximum atomic E-state index is 13.4. The van der Waals surface area contributed by atoms with E-state index in [1.54, 1.807) is 17.0 Å². The maximum Gasteiger partial charge on any atom is 0.264 e. The molecule has 0 unspecified atom stereocenters. The quantitative estimate of drug-likeness (QED) is 0.465. The summed E-state index contributed by atoms with van der Waals surface area (Å²) >= 11 is 6.39. The molecule has 1 spiro atoms. The topological polar surface area (TPSA) is 96.0 Å². The summed E-state index contributed by atoms with van der Waals surface area (Å²) in [7, 11) is -3.96. The van der Waals surface area contributed by atoms with Gasteiger partial charge in [-0.1, -0.05) is 17.7 Å². The Kier molecular flexibility index (Phi) is 7.16. The molecular formula is C32H38ClN3O5S. The second-order valence-corrected chi connectivity index (χ2v) is 15.4. The third kappa shape index (κ3) is 5.06. The first-order valence-corrected chi connectivity index (χ1v) is 17.3. The van der Waals surface area contributed by atoms with Crippen molar-refractivity contribution < 1.29 is 22.7 Å². The first-order chi connectivity index (χ1) is 20.2. The summed E-state index contributed by atoms with van der Waals surface area (Å²) in [6, 6.07) is 11.5. The van der Waals surface area contributed by atoms with E-state index in [9.17, 15) is 18.0 Å². The van der Waals surface area contributed by atoms with Crippen LogP contribution < -0.4 is 14.4 Å². The molecule has 42 heavy (non-hydrogen) atoms. The van der Waals surface area contributed by atoms with Crippen LogP contribution in [0.15, 0.2) is 36.4 Å². The van der Waals surface area contributed by atoms with Gasteiger partial charge in [-0.15, -0.1) is 0 Å². The van der Waals surface area contributed by atoms with Crippen LogP contribution in [0.3, 0.4) is 0 Å². The molecule has 224 valence electrons. The monoisotopic (exact) mass is 611 g/mol. The number of rotatable bonds is 0. The summed E-state index contributed by atoms with van der Waals surface area (Å²) in [6.07, 6.45) is 7.50. The van der Waals surface area contributed by atoms with E-state index in [1.165, 1.54) is 11.1 Å². The fraction of sp³-hybridized carbons (Fsp3) is 0.562. The molecule has 1 N–H and O–H groups in total. The van der Waals surface area contributed by atoms with Crippen LogP contribution in [0.5, 0.6) is 5.75 Å². The number of fused-ring (bicyclic) bond motifs is 6. The van der Waals surface area contributed by atoms with Crippen molar-refractivity contribution in [3.8, 4) is 5.75 Å². The number of hydrogen-bond donors (Lipinski definition) is 1. The lowest BCUT2D eigenvalue weighted by Gasteiger charge is -2.45. The Bertz CT molecular complexity index is 1530. The van der Waals surface area contributed by atoms with Gasteiger partial charge in [0.2, 0.25) is 15.9 Å². The fourth-order valence-electron chi connectivity index (χ4n) is 7.95. The number of piperidine rings is 1. The van der Waals surface area contributed by atoms with E-state index < -0.39 is 21.2 Å². The Morgan fingerprint density at radius 3 is 2.62 bits per heavy atom. The summed E-state index contributed by atoms with van der Waals surface area (Å²) in [5.74, 6) is 0.965. The summed E-state index contributed by atoms with van der Waals surface area (Å²) in [5, 5.41) is -0.0598. The molecule has 4 atom stereocenters. The van der Waals surface area contributed by atoms with E-state index in [0.717, 1.165) is 62.3 Å². The van der Waals surface area contributed by atoms with Crippen molar-refractivity contribution in [1.29, 1.82) is 0 Å². The van der Waals surface area contributed by atoms with Crippen molar-refractivity contribution in [2.45, 2.75) is 68.5 Å². The fourth-order valence-corrected chi connectivity index (χ4v) is 9.54. The van der Waals surface area contributed by atoms with E-state index in [-0.39, 0.29) is 17.9 Å². The normalized spacial score (nSPS) is 30.7. The Balaban J connectivity index is 1.28.